The first-order chi connectivity index (χ1) is 14.4. The summed E-state index contributed by atoms with van der Waals surface area (Å²) in [5, 5.41) is 0. The summed E-state index contributed by atoms with van der Waals surface area (Å²) in [7, 11) is -2.27. The van der Waals surface area contributed by atoms with Crippen molar-refractivity contribution in [1.82, 2.24) is 0 Å². The van der Waals surface area contributed by atoms with Gasteiger partial charge in [-0.2, -0.15) is 0 Å². The first-order valence-corrected chi connectivity index (χ1v) is 11.4. The SMILES string of the molecule is CC1Cc2ccccc2N(C(=O)c2cccc(S(=O)(=O)N(C)c3ccccc3)c2)C1. The maximum atomic E-state index is 13.3. The van der Waals surface area contributed by atoms with E-state index in [1.807, 2.05) is 30.3 Å². The highest BCUT2D eigenvalue weighted by molar-refractivity contribution is 7.92. The molecule has 6 heteroatoms. The summed E-state index contributed by atoms with van der Waals surface area (Å²) in [6, 6.07) is 23.1. The number of carbonyl (C=O) groups is 1. The van der Waals surface area contributed by atoms with E-state index in [1.54, 1.807) is 41.3 Å². The number of benzene rings is 3. The number of nitrogens with zero attached hydrogens (tertiary/aromatic N) is 2. The zero-order valence-electron chi connectivity index (χ0n) is 17.0. The van der Waals surface area contributed by atoms with Crippen molar-refractivity contribution in [2.75, 3.05) is 22.8 Å². The molecular weight excluding hydrogens is 396 g/mol. The van der Waals surface area contributed by atoms with E-state index in [4.69, 9.17) is 0 Å². The molecule has 0 aliphatic carbocycles. The minimum absolute atomic E-state index is 0.0954. The lowest BCUT2D eigenvalue weighted by atomic mass is 9.93. The average Bonchev–Trinajstić information content (AvgIpc) is 2.78. The van der Waals surface area contributed by atoms with Gasteiger partial charge in [0, 0.05) is 24.8 Å². The van der Waals surface area contributed by atoms with Crippen LogP contribution in [0.4, 0.5) is 11.4 Å². The number of fused-ring (bicyclic) bond motifs is 1. The molecule has 0 saturated heterocycles. The van der Waals surface area contributed by atoms with Gasteiger partial charge in [-0.15, -0.1) is 0 Å². The van der Waals surface area contributed by atoms with E-state index in [-0.39, 0.29) is 10.8 Å². The summed E-state index contributed by atoms with van der Waals surface area (Å²) in [4.78, 5) is 15.2. The molecule has 0 spiro atoms. The molecule has 3 aromatic carbocycles. The number of hydrogen-bond acceptors (Lipinski definition) is 3. The van der Waals surface area contributed by atoms with Crippen molar-refractivity contribution in [1.29, 1.82) is 0 Å². The Hall–Kier alpha value is -3.12. The fraction of sp³-hybridized carbons (Fsp3) is 0.208. The molecule has 3 aromatic rings. The van der Waals surface area contributed by atoms with Gasteiger partial charge in [0.15, 0.2) is 0 Å². The molecule has 0 fully saturated rings. The highest BCUT2D eigenvalue weighted by Gasteiger charge is 2.28. The molecule has 1 unspecified atom stereocenters. The molecule has 154 valence electrons. The third-order valence-corrected chi connectivity index (χ3v) is 7.23. The topological polar surface area (TPSA) is 57.7 Å². The Labute approximate surface area is 177 Å². The van der Waals surface area contributed by atoms with Crippen LogP contribution in [0.5, 0.6) is 0 Å². The number of rotatable bonds is 4. The van der Waals surface area contributed by atoms with Crippen molar-refractivity contribution < 1.29 is 13.2 Å². The fourth-order valence-corrected chi connectivity index (χ4v) is 5.11. The monoisotopic (exact) mass is 420 g/mol. The van der Waals surface area contributed by atoms with Crippen LogP contribution in [0, 0.1) is 5.92 Å². The molecule has 5 nitrogen and oxygen atoms in total. The van der Waals surface area contributed by atoms with Gasteiger partial charge in [0.1, 0.15) is 0 Å². The first-order valence-electron chi connectivity index (χ1n) is 9.92. The van der Waals surface area contributed by atoms with Crippen LogP contribution in [0.3, 0.4) is 0 Å². The lowest BCUT2D eigenvalue weighted by Crippen LogP contribution is -2.39. The predicted molar refractivity (Wildman–Crippen MR) is 119 cm³/mol. The van der Waals surface area contributed by atoms with E-state index >= 15 is 0 Å². The van der Waals surface area contributed by atoms with Crippen LogP contribution in [-0.4, -0.2) is 27.9 Å². The lowest BCUT2D eigenvalue weighted by molar-refractivity contribution is 0.0981. The minimum atomic E-state index is -3.79. The number of anilines is 2. The second kappa shape index (κ2) is 7.95. The molecule has 0 saturated carbocycles. The summed E-state index contributed by atoms with van der Waals surface area (Å²) in [5.41, 5.74) is 2.96. The first kappa shape index (κ1) is 20.2. The van der Waals surface area contributed by atoms with Crippen molar-refractivity contribution in [2.45, 2.75) is 18.2 Å². The highest BCUT2D eigenvalue weighted by atomic mass is 32.2. The van der Waals surface area contributed by atoms with E-state index in [0.29, 0.717) is 23.7 Å². The van der Waals surface area contributed by atoms with Gasteiger partial charge in [-0.05, 0) is 54.3 Å². The normalized spacial score (nSPS) is 16.1. The van der Waals surface area contributed by atoms with Gasteiger partial charge in [-0.25, -0.2) is 8.42 Å². The average molecular weight is 421 g/mol. The van der Waals surface area contributed by atoms with Crippen LogP contribution in [0.1, 0.15) is 22.8 Å². The Balaban J connectivity index is 1.68. The summed E-state index contributed by atoms with van der Waals surface area (Å²) in [6.45, 7) is 2.72. The zero-order valence-corrected chi connectivity index (χ0v) is 17.8. The summed E-state index contributed by atoms with van der Waals surface area (Å²) in [5.74, 6) is 0.147. The van der Waals surface area contributed by atoms with Crippen LogP contribution in [0.25, 0.3) is 0 Å². The molecule has 1 atom stereocenters. The third-order valence-electron chi connectivity index (χ3n) is 5.45. The lowest BCUT2D eigenvalue weighted by Gasteiger charge is -2.33. The molecule has 1 aliphatic heterocycles. The van der Waals surface area contributed by atoms with E-state index in [9.17, 15) is 13.2 Å². The van der Waals surface area contributed by atoms with Gasteiger partial charge in [-0.3, -0.25) is 9.10 Å². The van der Waals surface area contributed by atoms with Crippen LogP contribution < -0.4 is 9.21 Å². The number of para-hydroxylation sites is 2. The van der Waals surface area contributed by atoms with Gasteiger partial charge in [0.2, 0.25) is 0 Å². The van der Waals surface area contributed by atoms with E-state index in [2.05, 4.69) is 6.92 Å². The van der Waals surface area contributed by atoms with Crippen LogP contribution in [0.15, 0.2) is 83.8 Å². The Morgan fingerprint density at radius 1 is 0.967 bits per heavy atom. The van der Waals surface area contributed by atoms with E-state index < -0.39 is 10.0 Å². The van der Waals surface area contributed by atoms with Gasteiger partial charge < -0.3 is 4.90 Å². The Bertz CT molecular complexity index is 1180. The fourth-order valence-electron chi connectivity index (χ4n) is 3.87. The molecule has 4 rings (SSSR count). The summed E-state index contributed by atoms with van der Waals surface area (Å²) < 4.78 is 27.5. The number of sulfonamides is 1. The number of hydrogen-bond donors (Lipinski definition) is 0. The Morgan fingerprint density at radius 3 is 2.43 bits per heavy atom. The summed E-state index contributed by atoms with van der Waals surface area (Å²) >= 11 is 0. The molecule has 1 amide bonds. The van der Waals surface area contributed by atoms with Crippen LogP contribution >= 0.6 is 0 Å². The quantitative estimate of drug-likeness (QED) is 0.630. The van der Waals surface area contributed by atoms with Crippen LogP contribution in [-0.2, 0) is 16.4 Å². The molecule has 0 N–H and O–H groups in total. The molecule has 1 aliphatic rings. The van der Waals surface area contributed by atoms with Crippen molar-refractivity contribution in [3.05, 3.63) is 90.0 Å². The maximum absolute atomic E-state index is 13.3. The Morgan fingerprint density at radius 2 is 1.67 bits per heavy atom. The number of carbonyl (C=O) groups excluding carboxylic acids is 1. The number of amides is 1. The molecular formula is C24H24N2O3S. The van der Waals surface area contributed by atoms with Crippen LogP contribution in [0.2, 0.25) is 0 Å². The van der Waals surface area contributed by atoms with Crippen molar-refractivity contribution in [2.24, 2.45) is 5.92 Å². The molecule has 0 bridgehead atoms. The van der Waals surface area contributed by atoms with E-state index in [0.717, 1.165) is 17.7 Å². The second-order valence-electron chi connectivity index (χ2n) is 7.69. The Kier molecular flexibility index (Phi) is 5.35. The predicted octanol–water partition coefficient (Wildman–Crippen LogP) is 4.35. The standard InChI is InChI=1S/C24H24N2O3S/c1-18-15-19-9-6-7-14-23(19)26(17-18)24(27)20-10-8-13-22(16-20)30(28,29)25(2)21-11-4-3-5-12-21/h3-14,16,18H,15,17H2,1-2H3. The van der Waals surface area contributed by atoms with E-state index in [1.165, 1.54) is 23.5 Å². The third kappa shape index (κ3) is 3.71. The van der Waals surface area contributed by atoms with Crippen molar-refractivity contribution >= 4 is 27.3 Å². The van der Waals surface area contributed by atoms with Gasteiger partial charge >= 0.3 is 0 Å². The molecule has 0 radical (unpaired) electrons. The highest BCUT2D eigenvalue weighted by Crippen LogP contribution is 2.31. The van der Waals surface area contributed by atoms with Crippen molar-refractivity contribution in [3.63, 3.8) is 0 Å². The van der Waals surface area contributed by atoms with Gasteiger partial charge in [0.05, 0.1) is 10.6 Å². The van der Waals surface area contributed by atoms with Gasteiger partial charge in [-0.1, -0.05) is 49.4 Å². The van der Waals surface area contributed by atoms with Crippen molar-refractivity contribution in [3.8, 4) is 0 Å². The molecule has 0 aromatic heterocycles. The zero-order chi connectivity index (χ0) is 21.3. The second-order valence-corrected chi connectivity index (χ2v) is 9.66. The summed E-state index contributed by atoms with van der Waals surface area (Å²) in [6.07, 6.45) is 0.927. The molecule has 1 heterocycles. The smallest absolute Gasteiger partial charge is 0.264 e. The maximum Gasteiger partial charge on any atom is 0.264 e. The minimum Gasteiger partial charge on any atom is -0.308 e. The molecule has 30 heavy (non-hydrogen) atoms. The van der Waals surface area contributed by atoms with Gasteiger partial charge in [0.25, 0.3) is 15.9 Å². The largest absolute Gasteiger partial charge is 0.308 e.